The van der Waals surface area contributed by atoms with Crippen LogP contribution >= 0.6 is 0 Å². The summed E-state index contributed by atoms with van der Waals surface area (Å²) in [6.45, 7) is 6.08. The molecule has 0 spiro atoms. The number of carbonyl (C=O) groups is 1. The summed E-state index contributed by atoms with van der Waals surface area (Å²) in [6, 6.07) is 4.31. The van der Waals surface area contributed by atoms with E-state index in [1.807, 2.05) is 6.20 Å². The number of fused-ring (bicyclic) bond motifs is 2. The van der Waals surface area contributed by atoms with Crippen LogP contribution in [0.25, 0.3) is 5.52 Å². The Bertz CT molecular complexity index is 810. The zero-order valence-corrected chi connectivity index (χ0v) is 14.2. The lowest BCUT2D eigenvalue weighted by molar-refractivity contribution is -0.124. The summed E-state index contributed by atoms with van der Waals surface area (Å²) >= 11 is 0. The molecule has 2 N–H and O–H groups in total. The van der Waals surface area contributed by atoms with Crippen LogP contribution in [0.3, 0.4) is 0 Å². The van der Waals surface area contributed by atoms with E-state index < -0.39 is 5.54 Å². The fourth-order valence-corrected chi connectivity index (χ4v) is 4.50. The number of hydrogen-bond donors (Lipinski definition) is 2. The molecule has 2 aromatic rings. The minimum Gasteiger partial charge on any atom is -0.344 e. The molecule has 5 heteroatoms. The highest BCUT2D eigenvalue weighted by atomic mass is 16.2. The van der Waals surface area contributed by atoms with E-state index in [0.717, 1.165) is 18.9 Å². The first-order chi connectivity index (χ1) is 11.6. The maximum Gasteiger partial charge on any atom is 0.224 e. The van der Waals surface area contributed by atoms with Crippen LogP contribution in [0.1, 0.15) is 44.0 Å². The van der Waals surface area contributed by atoms with Gasteiger partial charge < -0.3 is 15.0 Å². The van der Waals surface area contributed by atoms with Crippen molar-refractivity contribution >= 4 is 11.4 Å². The molecule has 3 aliphatic rings. The lowest BCUT2D eigenvalue weighted by Crippen LogP contribution is -2.44. The molecule has 0 aromatic carbocycles. The zero-order chi connectivity index (χ0) is 16.5. The van der Waals surface area contributed by atoms with Crippen molar-refractivity contribution in [1.82, 2.24) is 20.0 Å². The molecule has 24 heavy (non-hydrogen) atoms. The summed E-state index contributed by atoms with van der Waals surface area (Å²) in [5.74, 6) is 3.07. The van der Waals surface area contributed by atoms with E-state index in [0.29, 0.717) is 17.8 Å². The van der Waals surface area contributed by atoms with Crippen LogP contribution in [0, 0.1) is 17.8 Å². The molecular weight excluding hydrogens is 300 g/mol. The van der Waals surface area contributed by atoms with Crippen LogP contribution < -0.4 is 10.6 Å². The molecule has 2 aromatic heterocycles. The van der Waals surface area contributed by atoms with Gasteiger partial charge in [-0.1, -0.05) is 6.07 Å². The molecule has 5 rings (SSSR count). The fraction of sp³-hybridized carbons (Fsp3) is 0.579. The van der Waals surface area contributed by atoms with Crippen LogP contribution in [0.5, 0.6) is 0 Å². The molecule has 3 fully saturated rings. The number of aromatic nitrogens is 2. The Balaban J connectivity index is 1.43. The zero-order valence-electron chi connectivity index (χ0n) is 14.2. The van der Waals surface area contributed by atoms with Crippen LogP contribution in [-0.2, 0) is 10.3 Å². The first-order valence-corrected chi connectivity index (χ1v) is 9.05. The summed E-state index contributed by atoms with van der Waals surface area (Å²) in [4.78, 5) is 17.4. The lowest BCUT2D eigenvalue weighted by Gasteiger charge is -2.26. The van der Waals surface area contributed by atoms with Crippen LogP contribution in [0.15, 0.2) is 24.5 Å². The van der Waals surface area contributed by atoms with Gasteiger partial charge in [0.2, 0.25) is 5.91 Å². The summed E-state index contributed by atoms with van der Waals surface area (Å²) in [5, 5.41) is 6.60. The van der Waals surface area contributed by atoms with E-state index in [4.69, 9.17) is 0 Å². The Kier molecular flexibility index (Phi) is 2.90. The first-order valence-electron chi connectivity index (χ1n) is 9.05. The number of carbonyl (C=O) groups excluding carboxylic acids is 1. The molecule has 1 aliphatic heterocycles. The number of nitrogens with zero attached hydrogens (tertiary/aromatic N) is 2. The van der Waals surface area contributed by atoms with Gasteiger partial charge in [-0.25, -0.2) is 4.98 Å². The summed E-state index contributed by atoms with van der Waals surface area (Å²) in [7, 11) is 0. The molecule has 126 valence electrons. The number of nitrogens with one attached hydrogen (secondary N) is 2. The molecule has 1 saturated heterocycles. The van der Waals surface area contributed by atoms with Crippen molar-refractivity contribution in [2.45, 2.75) is 38.1 Å². The summed E-state index contributed by atoms with van der Waals surface area (Å²) in [6.07, 6.45) is 6.58. The first kappa shape index (κ1) is 14.5. The van der Waals surface area contributed by atoms with Gasteiger partial charge >= 0.3 is 0 Å². The largest absolute Gasteiger partial charge is 0.344 e. The Hall–Kier alpha value is -1.88. The Morgan fingerprint density at radius 1 is 1.33 bits per heavy atom. The second-order valence-corrected chi connectivity index (χ2v) is 8.20. The second kappa shape index (κ2) is 4.82. The third-order valence-corrected chi connectivity index (χ3v) is 6.01. The van der Waals surface area contributed by atoms with Crippen molar-refractivity contribution in [1.29, 1.82) is 0 Å². The summed E-state index contributed by atoms with van der Waals surface area (Å²) < 4.78 is 2.16. The lowest BCUT2D eigenvalue weighted by atomic mass is 10.0. The number of amides is 1. The molecule has 1 unspecified atom stereocenters. The van der Waals surface area contributed by atoms with Gasteiger partial charge in [0.25, 0.3) is 0 Å². The topological polar surface area (TPSA) is 58.4 Å². The smallest absolute Gasteiger partial charge is 0.224 e. The van der Waals surface area contributed by atoms with Crippen molar-refractivity contribution < 1.29 is 4.79 Å². The average Bonchev–Trinajstić information content (AvgIpc) is 3.41. The van der Waals surface area contributed by atoms with Crippen molar-refractivity contribution in [2.24, 2.45) is 17.8 Å². The van der Waals surface area contributed by atoms with Gasteiger partial charge in [0.1, 0.15) is 5.82 Å². The molecule has 3 atom stereocenters. The third-order valence-electron chi connectivity index (χ3n) is 6.01. The van der Waals surface area contributed by atoms with E-state index in [1.54, 1.807) is 0 Å². The normalized spacial score (nSPS) is 28.8. The van der Waals surface area contributed by atoms with Gasteiger partial charge in [-0.05, 0) is 69.2 Å². The van der Waals surface area contributed by atoms with Crippen LogP contribution in [0.4, 0.5) is 0 Å². The summed E-state index contributed by atoms with van der Waals surface area (Å²) in [5.41, 5.74) is 2.10. The maximum atomic E-state index is 12.7. The van der Waals surface area contributed by atoms with E-state index >= 15 is 0 Å². The molecule has 2 saturated carbocycles. The predicted molar refractivity (Wildman–Crippen MR) is 91.7 cm³/mol. The number of imidazole rings is 1. The van der Waals surface area contributed by atoms with Crippen molar-refractivity contribution in [2.75, 3.05) is 13.1 Å². The fourth-order valence-electron chi connectivity index (χ4n) is 4.50. The Morgan fingerprint density at radius 2 is 2.08 bits per heavy atom. The van der Waals surface area contributed by atoms with Gasteiger partial charge in [0.15, 0.2) is 0 Å². The van der Waals surface area contributed by atoms with Gasteiger partial charge in [-0.15, -0.1) is 0 Å². The van der Waals surface area contributed by atoms with Crippen LogP contribution in [0.2, 0.25) is 0 Å². The van der Waals surface area contributed by atoms with Gasteiger partial charge in [-0.2, -0.15) is 0 Å². The third kappa shape index (κ3) is 2.10. The maximum absolute atomic E-state index is 12.7. The molecule has 3 heterocycles. The number of rotatable bonds is 4. The quantitative estimate of drug-likeness (QED) is 0.905. The van der Waals surface area contributed by atoms with Crippen molar-refractivity contribution in [3.05, 3.63) is 35.9 Å². The number of hydrogen-bond acceptors (Lipinski definition) is 3. The average molecular weight is 324 g/mol. The highest BCUT2D eigenvalue weighted by Gasteiger charge is 2.57. The van der Waals surface area contributed by atoms with Crippen molar-refractivity contribution in [3.8, 4) is 0 Å². The SMILES string of the molecule is CC(C)(NC(=O)C1[C@H]2CNC[C@@H]12)c1ncc2c(C3CC3)cccn12. The van der Waals surface area contributed by atoms with E-state index in [1.165, 1.54) is 23.9 Å². The molecule has 1 amide bonds. The highest BCUT2D eigenvalue weighted by molar-refractivity contribution is 5.83. The highest BCUT2D eigenvalue weighted by Crippen LogP contribution is 2.49. The van der Waals surface area contributed by atoms with Gasteiger partial charge in [-0.3, -0.25) is 4.79 Å². The number of pyridine rings is 1. The Labute approximate surface area is 141 Å². The van der Waals surface area contributed by atoms with Gasteiger partial charge in [0, 0.05) is 12.1 Å². The van der Waals surface area contributed by atoms with E-state index in [-0.39, 0.29) is 11.8 Å². The Morgan fingerprint density at radius 3 is 2.79 bits per heavy atom. The van der Waals surface area contributed by atoms with Crippen molar-refractivity contribution in [3.63, 3.8) is 0 Å². The van der Waals surface area contributed by atoms with Gasteiger partial charge in [0.05, 0.1) is 17.3 Å². The standard InChI is InChI=1S/C19H24N4O/c1-19(2,22-17(24)16-13-8-20-9-14(13)16)18-21-10-15-12(11-5-6-11)4-3-7-23(15)18/h3-4,7,10-11,13-14,16,20H,5-6,8-9H2,1-2H3,(H,22,24)/t13-,14+,16?. The van der Waals surface area contributed by atoms with E-state index in [9.17, 15) is 4.79 Å². The molecule has 2 aliphatic carbocycles. The molecule has 5 nitrogen and oxygen atoms in total. The molecule has 0 bridgehead atoms. The number of piperidine rings is 1. The minimum absolute atomic E-state index is 0.187. The molecule has 0 radical (unpaired) electrons. The predicted octanol–water partition coefficient (Wildman–Crippen LogP) is 2.03. The van der Waals surface area contributed by atoms with E-state index in [2.05, 4.69) is 52.2 Å². The van der Waals surface area contributed by atoms with Crippen LogP contribution in [-0.4, -0.2) is 28.4 Å². The molecular formula is C19H24N4O. The second-order valence-electron chi connectivity index (χ2n) is 8.20. The minimum atomic E-state index is -0.476. The monoisotopic (exact) mass is 324 g/mol.